The van der Waals surface area contributed by atoms with Gasteiger partial charge in [0.25, 0.3) is 5.91 Å². The molecule has 1 aliphatic rings. The molecule has 0 radical (unpaired) electrons. The van der Waals surface area contributed by atoms with Gasteiger partial charge in [0, 0.05) is 24.5 Å². The fourth-order valence-corrected chi connectivity index (χ4v) is 2.69. The van der Waals surface area contributed by atoms with Crippen molar-refractivity contribution in [3.63, 3.8) is 0 Å². The average molecular weight is 316 g/mol. The van der Waals surface area contributed by atoms with Crippen LogP contribution in [0.25, 0.3) is 0 Å². The van der Waals surface area contributed by atoms with E-state index < -0.39 is 0 Å². The van der Waals surface area contributed by atoms with E-state index in [4.69, 9.17) is 9.15 Å². The smallest absolute Gasteiger partial charge is 0.276 e. The van der Waals surface area contributed by atoms with E-state index in [-0.39, 0.29) is 12.0 Å². The number of hydrogen-bond donors (Lipinski definition) is 0. The van der Waals surface area contributed by atoms with Crippen molar-refractivity contribution in [2.75, 3.05) is 19.7 Å². The summed E-state index contributed by atoms with van der Waals surface area (Å²) < 4.78 is 10.9. The molecule has 1 aliphatic heterocycles. The van der Waals surface area contributed by atoms with Gasteiger partial charge in [-0.15, -0.1) is 0 Å². The van der Waals surface area contributed by atoms with Crippen molar-refractivity contribution in [3.05, 3.63) is 41.6 Å². The molecule has 0 bridgehead atoms. The normalized spacial score (nSPS) is 18.2. The summed E-state index contributed by atoms with van der Waals surface area (Å²) in [5.41, 5.74) is 2.34. The van der Waals surface area contributed by atoms with E-state index in [9.17, 15) is 4.79 Å². The highest BCUT2D eigenvalue weighted by molar-refractivity contribution is 5.93. The maximum Gasteiger partial charge on any atom is 0.276 e. The lowest BCUT2D eigenvalue weighted by Gasteiger charge is -2.32. The Hall–Kier alpha value is -2.28. The number of oxazole rings is 1. The van der Waals surface area contributed by atoms with E-state index in [2.05, 4.69) is 15.0 Å². The minimum Gasteiger partial charge on any atom is -0.448 e. The highest BCUT2D eigenvalue weighted by Gasteiger charge is 2.27. The number of aromatic nitrogens is 3. The average Bonchev–Trinajstić information content (AvgIpc) is 2.99. The van der Waals surface area contributed by atoms with Crippen LogP contribution < -0.4 is 0 Å². The van der Waals surface area contributed by atoms with Crippen LogP contribution in [-0.4, -0.2) is 51.6 Å². The van der Waals surface area contributed by atoms with Crippen LogP contribution >= 0.6 is 0 Å². The maximum absolute atomic E-state index is 12.5. The van der Waals surface area contributed by atoms with Crippen molar-refractivity contribution in [3.8, 4) is 0 Å². The Morgan fingerprint density at radius 2 is 2.22 bits per heavy atom. The van der Waals surface area contributed by atoms with Crippen LogP contribution in [0.15, 0.2) is 23.2 Å². The van der Waals surface area contributed by atoms with Crippen molar-refractivity contribution < 1.29 is 13.9 Å². The van der Waals surface area contributed by atoms with E-state index in [1.54, 1.807) is 18.2 Å². The SMILES string of the molecule is Cc1cc(CCC2CN(C(=O)c3ncoc3C)CCO2)ncn1. The van der Waals surface area contributed by atoms with Gasteiger partial charge in [-0.1, -0.05) is 0 Å². The number of carbonyl (C=O) groups excluding carboxylic acids is 1. The summed E-state index contributed by atoms with van der Waals surface area (Å²) in [5.74, 6) is 0.455. The van der Waals surface area contributed by atoms with Crippen LogP contribution in [0.5, 0.6) is 0 Å². The molecule has 0 aliphatic carbocycles. The van der Waals surface area contributed by atoms with Crippen molar-refractivity contribution >= 4 is 5.91 Å². The number of ether oxygens (including phenoxy) is 1. The minimum atomic E-state index is -0.0950. The van der Waals surface area contributed by atoms with Crippen LogP contribution in [0.4, 0.5) is 0 Å². The second-order valence-electron chi connectivity index (χ2n) is 5.69. The molecule has 1 atom stereocenters. The summed E-state index contributed by atoms with van der Waals surface area (Å²) in [6.07, 6.45) is 4.51. The molecule has 3 rings (SSSR count). The highest BCUT2D eigenvalue weighted by atomic mass is 16.5. The first-order valence-corrected chi connectivity index (χ1v) is 7.72. The molecule has 1 fully saturated rings. The third-order valence-electron chi connectivity index (χ3n) is 3.96. The van der Waals surface area contributed by atoms with Gasteiger partial charge >= 0.3 is 0 Å². The Kier molecular flexibility index (Phi) is 4.66. The summed E-state index contributed by atoms with van der Waals surface area (Å²) in [5, 5.41) is 0. The number of aryl methyl sites for hydroxylation is 3. The zero-order valence-corrected chi connectivity index (χ0v) is 13.4. The van der Waals surface area contributed by atoms with Gasteiger partial charge in [-0.2, -0.15) is 0 Å². The molecule has 2 aromatic rings. The molecule has 0 saturated carbocycles. The van der Waals surface area contributed by atoms with Crippen LogP contribution in [0.2, 0.25) is 0 Å². The first-order valence-electron chi connectivity index (χ1n) is 7.72. The van der Waals surface area contributed by atoms with Gasteiger partial charge in [-0.3, -0.25) is 4.79 Å². The van der Waals surface area contributed by atoms with Crippen molar-refractivity contribution in [1.29, 1.82) is 0 Å². The van der Waals surface area contributed by atoms with Gasteiger partial charge in [0.1, 0.15) is 12.1 Å². The molecule has 1 amide bonds. The van der Waals surface area contributed by atoms with Crippen LogP contribution in [0.3, 0.4) is 0 Å². The number of rotatable bonds is 4. The van der Waals surface area contributed by atoms with Crippen LogP contribution in [0, 0.1) is 13.8 Å². The first kappa shape index (κ1) is 15.6. The van der Waals surface area contributed by atoms with Gasteiger partial charge in [0.2, 0.25) is 0 Å². The van der Waals surface area contributed by atoms with Crippen molar-refractivity contribution in [2.24, 2.45) is 0 Å². The van der Waals surface area contributed by atoms with E-state index in [1.165, 1.54) is 6.39 Å². The highest BCUT2D eigenvalue weighted by Crippen LogP contribution is 2.15. The number of morpholine rings is 1. The van der Waals surface area contributed by atoms with E-state index >= 15 is 0 Å². The third kappa shape index (κ3) is 3.73. The number of amides is 1. The molecular formula is C16H20N4O3. The Morgan fingerprint density at radius 3 is 2.96 bits per heavy atom. The predicted octanol–water partition coefficient (Wildman–Crippen LogP) is 1.56. The van der Waals surface area contributed by atoms with Gasteiger partial charge in [0.05, 0.1) is 12.7 Å². The fourth-order valence-electron chi connectivity index (χ4n) is 2.69. The number of hydrogen-bond acceptors (Lipinski definition) is 6. The molecule has 1 unspecified atom stereocenters. The van der Waals surface area contributed by atoms with Crippen LogP contribution in [-0.2, 0) is 11.2 Å². The van der Waals surface area contributed by atoms with Gasteiger partial charge in [-0.25, -0.2) is 15.0 Å². The summed E-state index contributed by atoms with van der Waals surface area (Å²) in [4.78, 5) is 26.6. The molecule has 2 aromatic heterocycles. The summed E-state index contributed by atoms with van der Waals surface area (Å²) >= 11 is 0. The third-order valence-corrected chi connectivity index (χ3v) is 3.96. The predicted molar refractivity (Wildman–Crippen MR) is 82.0 cm³/mol. The quantitative estimate of drug-likeness (QED) is 0.851. The Balaban J connectivity index is 1.58. The Labute approximate surface area is 134 Å². The monoisotopic (exact) mass is 316 g/mol. The lowest BCUT2D eigenvalue weighted by molar-refractivity contribution is -0.0249. The first-order chi connectivity index (χ1) is 11.1. The second kappa shape index (κ2) is 6.87. The molecule has 1 saturated heterocycles. The summed E-state index contributed by atoms with van der Waals surface area (Å²) in [6.45, 7) is 5.37. The fraction of sp³-hybridized carbons (Fsp3) is 0.500. The van der Waals surface area contributed by atoms with E-state index in [0.29, 0.717) is 31.2 Å². The Bertz CT molecular complexity index is 685. The summed E-state index contributed by atoms with van der Waals surface area (Å²) in [7, 11) is 0. The zero-order chi connectivity index (χ0) is 16.2. The topological polar surface area (TPSA) is 81.4 Å². The van der Waals surface area contributed by atoms with Crippen LogP contribution in [0.1, 0.15) is 34.1 Å². The second-order valence-corrected chi connectivity index (χ2v) is 5.69. The molecule has 7 nitrogen and oxygen atoms in total. The van der Waals surface area contributed by atoms with Gasteiger partial charge in [-0.05, 0) is 32.8 Å². The molecule has 0 spiro atoms. The molecule has 23 heavy (non-hydrogen) atoms. The molecule has 3 heterocycles. The van der Waals surface area contributed by atoms with E-state index in [1.807, 2.05) is 13.0 Å². The number of nitrogens with zero attached hydrogens (tertiary/aromatic N) is 4. The molecule has 122 valence electrons. The minimum absolute atomic E-state index is 0.00942. The number of carbonyl (C=O) groups is 1. The lowest BCUT2D eigenvalue weighted by atomic mass is 10.1. The largest absolute Gasteiger partial charge is 0.448 e. The standard InChI is InChI=1S/C16H20N4O3/c1-11-7-13(18-9-17-11)3-4-14-8-20(5-6-22-14)16(21)15-12(2)23-10-19-15/h7,9-10,14H,3-6,8H2,1-2H3. The Morgan fingerprint density at radius 1 is 1.35 bits per heavy atom. The molecule has 0 N–H and O–H groups in total. The maximum atomic E-state index is 12.5. The summed E-state index contributed by atoms with van der Waals surface area (Å²) in [6, 6.07) is 1.98. The molecule has 0 aromatic carbocycles. The lowest BCUT2D eigenvalue weighted by Crippen LogP contribution is -2.46. The zero-order valence-electron chi connectivity index (χ0n) is 13.4. The van der Waals surface area contributed by atoms with Crippen molar-refractivity contribution in [2.45, 2.75) is 32.8 Å². The van der Waals surface area contributed by atoms with Crippen molar-refractivity contribution in [1.82, 2.24) is 19.9 Å². The molecular weight excluding hydrogens is 296 g/mol. The molecule has 7 heteroatoms. The van der Waals surface area contributed by atoms with E-state index in [0.717, 1.165) is 24.2 Å². The van der Waals surface area contributed by atoms with Gasteiger partial charge in [0.15, 0.2) is 12.1 Å². The van der Waals surface area contributed by atoms with Gasteiger partial charge < -0.3 is 14.1 Å².